The van der Waals surface area contributed by atoms with Crippen LogP contribution in [0.4, 0.5) is 5.82 Å². The van der Waals surface area contributed by atoms with Crippen LogP contribution in [0.1, 0.15) is 18.9 Å². The van der Waals surface area contributed by atoms with Gasteiger partial charge in [-0.3, -0.25) is 9.05 Å². The fourth-order valence-corrected chi connectivity index (χ4v) is 5.76. The van der Waals surface area contributed by atoms with Crippen LogP contribution in [0.25, 0.3) is 11.2 Å². The molecule has 0 aromatic carbocycles. The summed E-state index contributed by atoms with van der Waals surface area (Å²) in [6, 6.07) is -0.285. The molecule has 2 aromatic heterocycles. The Morgan fingerprint density at radius 2 is 2.03 bits per heavy atom. The van der Waals surface area contributed by atoms with Crippen molar-refractivity contribution in [2.45, 2.75) is 25.0 Å². The molecule has 0 aliphatic heterocycles. The number of halogens is 1. The van der Waals surface area contributed by atoms with E-state index in [2.05, 4.69) is 24.8 Å². The van der Waals surface area contributed by atoms with E-state index >= 15 is 0 Å². The zero-order chi connectivity index (χ0) is 21.2. The zero-order valence-electron chi connectivity index (χ0n) is 14.9. The number of phosphoric ester groups is 2. The second-order valence-electron chi connectivity index (χ2n) is 7.11. The van der Waals surface area contributed by atoms with E-state index in [4.69, 9.17) is 14.3 Å². The number of nitrogens with one attached hydrogen (secondary N) is 1. The number of rotatable bonds is 7. The first-order valence-corrected chi connectivity index (χ1v) is 12.6. The highest BCUT2D eigenvalue weighted by Gasteiger charge is 2.70. The van der Waals surface area contributed by atoms with Crippen LogP contribution in [0.3, 0.4) is 0 Å². The molecule has 2 aliphatic carbocycles. The lowest BCUT2D eigenvalue weighted by Crippen LogP contribution is -2.26. The van der Waals surface area contributed by atoms with E-state index in [1.165, 1.54) is 0 Å². The Morgan fingerprint density at radius 1 is 1.31 bits per heavy atom. The van der Waals surface area contributed by atoms with Gasteiger partial charge in [-0.05, 0) is 18.8 Å². The van der Waals surface area contributed by atoms with Gasteiger partial charge in [0.15, 0.2) is 20.8 Å². The molecule has 2 aromatic rings. The summed E-state index contributed by atoms with van der Waals surface area (Å²) < 4.78 is 34.6. The van der Waals surface area contributed by atoms with Crippen molar-refractivity contribution in [1.82, 2.24) is 19.5 Å². The highest BCUT2D eigenvalue weighted by molar-refractivity contribution is 14.1. The molecule has 4 rings (SSSR count). The molecular weight excluding hydrogens is 544 g/mol. The number of hydrogen-bond donors (Lipinski definition) is 5. The van der Waals surface area contributed by atoms with Gasteiger partial charge in [-0.15, -0.1) is 0 Å². The van der Waals surface area contributed by atoms with E-state index in [-0.39, 0.29) is 25.0 Å². The van der Waals surface area contributed by atoms with E-state index in [1.807, 2.05) is 22.6 Å². The largest absolute Gasteiger partial charge is 0.469 e. The van der Waals surface area contributed by atoms with Crippen LogP contribution in [0.5, 0.6) is 0 Å². The Balaban J connectivity index is 1.70. The van der Waals surface area contributed by atoms with E-state index < -0.39 is 27.2 Å². The topological polar surface area (TPSA) is 189 Å². The van der Waals surface area contributed by atoms with Gasteiger partial charge in [0.25, 0.3) is 0 Å². The summed E-state index contributed by atoms with van der Waals surface area (Å²) in [6.07, 6.45) is 1.28. The smallest absolute Gasteiger partial charge is 0.371 e. The third kappa shape index (κ3) is 4.10. The Labute approximate surface area is 177 Å². The predicted molar refractivity (Wildman–Crippen MR) is 107 cm³/mol. The Hall–Kier alpha value is -0.700. The molecule has 0 bridgehead atoms. The number of nitrogens with zero attached hydrogens (tertiary/aromatic N) is 4. The number of hydrogen-bond acceptors (Lipinski definition) is 8. The summed E-state index contributed by atoms with van der Waals surface area (Å²) in [6.45, 7) is -0.371. The molecule has 2 fully saturated rings. The Kier molecular flexibility index (Phi) is 5.33. The predicted octanol–water partition coefficient (Wildman–Crippen LogP) is 1.01. The van der Waals surface area contributed by atoms with Crippen molar-refractivity contribution >= 4 is 55.2 Å². The molecule has 5 N–H and O–H groups in total. The van der Waals surface area contributed by atoms with Crippen molar-refractivity contribution < 1.29 is 37.8 Å². The van der Waals surface area contributed by atoms with Gasteiger partial charge in [0, 0.05) is 41.1 Å². The van der Waals surface area contributed by atoms with E-state index in [1.54, 1.807) is 17.9 Å². The minimum Gasteiger partial charge on any atom is -0.371 e. The maximum atomic E-state index is 11.5. The first-order chi connectivity index (χ1) is 13.4. The van der Waals surface area contributed by atoms with Crippen LogP contribution >= 0.6 is 38.2 Å². The van der Waals surface area contributed by atoms with Gasteiger partial charge in [0.1, 0.15) is 0 Å². The van der Waals surface area contributed by atoms with Crippen LogP contribution < -0.4 is 5.32 Å². The number of imidazole rings is 1. The lowest BCUT2D eigenvalue weighted by Gasteiger charge is -2.24. The fraction of sp³-hybridized carbons (Fsp3) is 0.615. The standard InChI is InChI=1S/C13H18IN5O8P2/c1-15-10-9-11(18-12(14)17-10)19(5-16-9)7-2-8(27-29(23,24)25)13(3-6(7)13)4-26-28(20,21)22/h5-8H,2-4H2,1H3,(H,15,17,18)(H2,20,21,22)(H2,23,24,25)/t6-,7+,8+,13+/m1/s1/i28+1. The lowest BCUT2D eigenvalue weighted by atomic mass is 10.0. The highest BCUT2D eigenvalue weighted by atomic mass is 127. The van der Waals surface area contributed by atoms with Gasteiger partial charge in [0.05, 0.1) is 19.0 Å². The number of anilines is 1. The molecule has 0 unspecified atom stereocenters. The number of aromatic nitrogens is 4. The molecule has 160 valence electrons. The minimum absolute atomic E-state index is 0.173. The zero-order valence-corrected chi connectivity index (χ0v) is 18.9. The molecule has 0 spiro atoms. The van der Waals surface area contributed by atoms with E-state index in [0.717, 1.165) is 0 Å². The number of phosphoric acid groups is 2. The summed E-state index contributed by atoms with van der Waals surface area (Å²) in [5, 5.41) is 2.95. The molecule has 0 saturated heterocycles. The molecule has 2 heterocycles. The SMILES string of the molecule is CNc1nc(I)nc2c1ncn2[C@H]1C[C@H](OP(=O)(O)O)[C@]2(CO[32P](=O)(O)O)C[C@H]12. The normalized spacial score (nSPS) is 29.2. The van der Waals surface area contributed by atoms with E-state index in [0.29, 0.717) is 27.2 Å². The second-order valence-corrected chi connectivity index (χ2v) is 10.5. The maximum Gasteiger partial charge on any atom is 0.469 e. The first-order valence-electron chi connectivity index (χ1n) is 8.45. The molecule has 16 heteroatoms. The molecule has 0 radical (unpaired) electrons. The maximum absolute atomic E-state index is 11.5. The van der Waals surface area contributed by atoms with Crippen LogP contribution in [0, 0.1) is 15.2 Å². The van der Waals surface area contributed by atoms with Crippen LogP contribution in [0.2, 0.25) is 0 Å². The first kappa shape index (κ1) is 21.5. The monoisotopic (exact) mass is 562 g/mol. The lowest BCUT2D eigenvalue weighted by molar-refractivity contribution is 0.0499. The average Bonchev–Trinajstić information content (AvgIpc) is 3.07. The summed E-state index contributed by atoms with van der Waals surface area (Å²) in [5.41, 5.74) is 0.187. The van der Waals surface area contributed by atoms with Crippen molar-refractivity contribution in [3.05, 3.63) is 10.2 Å². The van der Waals surface area contributed by atoms with Gasteiger partial charge < -0.3 is 29.5 Å². The third-order valence-electron chi connectivity index (χ3n) is 5.49. The van der Waals surface area contributed by atoms with Gasteiger partial charge in [-0.1, -0.05) is 0 Å². The van der Waals surface area contributed by atoms with Gasteiger partial charge in [-0.25, -0.2) is 24.1 Å². The van der Waals surface area contributed by atoms with Crippen molar-refractivity contribution in [2.75, 3.05) is 19.0 Å². The third-order valence-corrected chi connectivity index (χ3v) is 6.97. The second kappa shape index (κ2) is 7.18. The molecular formula is C13H18IN5O8P2. The average molecular weight is 562 g/mol. The Morgan fingerprint density at radius 3 is 2.66 bits per heavy atom. The molecule has 4 atom stereocenters. The summed E-state index contributed by atoms with van der Waals surface area (Å²) in [4.78, 5) is 49.8. The van der Waals surface area contributed by atoms with Gasteiger partial charge in [0.2, 0.25) is 0 Å². The van der Waals surface area contributed by atoms with Crippen LogP contribution in [0.15, 0.2) is 6.33 Å². The molecule has 29 heavy (non-hydrogen) atoms. The molecule has 13 nitrogen and oxygen atoms in total. The van der Waals surface area contributed by atoms with Crippen LogP contribution in [-0.2, 0) is 18.2 Å². The summed E-state index contributed by atoms with van der Waals surface area (Å²) in [5.74, 6) is 0.375. The van der Waals surface area contributed by atoms with Crippen molar-refractivity contribution in [3.63, 3.8) is 0 Å². The fourth-order valence-electron chi connectivity index (χ4n) is 4.25. The van der Waals surface area contributed by atoms with Crippen molar-refractivity contribution in [1.29, 1.82) is 0 Å². The van der Waals surface area contributed by atoms with Crippen molar-refractivity contribution in [2.24, 2.45) is 11.3 Å². The van der Waals surface area contributed by atoms with Crippen LogP contribution in [-0.4, -0.2) is 58.9 Å². The van der Waals surface area contributed by atoms with Crippen molar-refractivity contribution in [3.8, 4) is 0 Å². The van der Waals surface area contributed by atoms with Gasteiger partial charge in [-0.2, -0.15) is 0 Å². The summed E-state index contributed by atoms with van der Waals surface area (Å²) in [7, 11) is -7.85. The van der Waals surface area contributed by atoms with E-state index in [9.17, 15) is 18.9 Å². The molecule has 2 aliphatic rings. The minimum atomic E-state index is -4.82. The quantitative estimate of drug-likeness (QED) is 0.183. The number of fused-ring (bicyclic) bond motifs is 2. The molecule has 0 amide bonds. The van der Waals surface area contributed by atoms with Gasteiger partial charge >= 0.3 is 15.6 Å². The Bertz CT molecular complexity index is 1060. The highest BCUT2D eigenvalue weighted by Crippen LogP contribution is 2.71. The molecule has 2 saturated carbocycles. The summed E-state index contributed by atoms with van der Waals surface area (Å²) >= 11 is 1.98.